The number of carbonyl (C=O) groups is 1. The molecule has 5 aromatic rings. The van der Waals surface area contributed by atoms with E-state index >= 15 is 0 Å². The third kappa shape index (κ3) is 5.65. The summed E-state index contributed by atoms with van der Waals surface area (Å²) in [5.41, 5.74) is 1.41. The van der Waals surface area contributed by atoms with Crippen molar-refractivity contribution in [1.29, 1.82) is 0 Å². The van der Waals surface area contributed by atoms with E-state index in [0.717, 1.165) is 11.3 Å². The van der Waals surface area contributed by atoms with Gasteiger partial charge >= 0.3 is 12.1 Å². The standard InChI is InChI=1S/C26H24ClFN8O4/c1-35(2)9-8-29-24-30-13-14-10-18(23(37)36(39-3)22(14)34-24)17-12-16(5-6-19(17)27)31-26(38)40-25-32-20-7-4-15(28)11-21(20)33-25/h4-7,10-13H,8-9H2,1-3H3,(H,31,38)(H,32,33)(H,29,30,34). The number of benzene rings is 2. The molecule has 3 aromatic heterocycles. The summed E-state index contributed by atoms with van der Waals surface area (Å²) in [7, 11) is 5.26. The van der Waals surface area contributed by atoms with Gasteiger partial charge in [0.05, 0.1) is 16.6 Å². The lowest BCUT2D eigenvalue weighted by molar-refractivity contribution is 0.168. The number of ether oxygens (including phenoxy) is 1. The van der Waals surface area contributed by atoms with Crippen LogP contribution in [0.4, 0.5) is 20.8 Å². The molecule has 0 aliphatic heterocycles. The van der Waals surface area contributed by atoms with Crippen molar-refractivity contribution >= 4 is 51.4 Å². The van der Waals surface area contributed by atoms with Crippen molar-refractivity contribution in [2.75, 3.05) is 44.9 Å². The number of fused-ring (bicyclic) bond motifs is 2. The summed E-state index contributed by atoms with van der Waals surface area (Å²) >= 11 is 6.46. The van der Waals surface area contributed by atoms with Crippen LogP contribution in [0.1, 0.15) is 0 Å². The Morgan fingerprint density at radius 1 is 1.15 bits per heavy atom. The third-order valence-corrected chi connectivity index (χ3v) is 6.17. The molecule has 40 heavy (non-hydrogen) atoms. The predicted molar refractivity (Wildman–Crippen MR) is 149 cm³/mol. The minimum absolute atomic E-state index is 0.111. The van der Waals surface area contributed by atoms with E-state index in [2.05, 4.69) is 30.6 Å². The molecule has 2 aromatic carbocycles. The second-order valence-electron chi connectivity index (χ2n) is 8.96. The molecule has 0 bridgehead atoms. The highest BCUT2D eigenvalue weighted by Gasteiger charge is 2.18. The smallest absolute Gasteiger partial charge is 0.412 e. The Hall–Kier alpha value is -4.75. The van der Waals surface area contributed by atoms with Crippen molar-refractivity contribution < 1.29 is 18.8 Å². The summed E-state index contributed by atoms with van der Waals surface area (Å²) < 4.78 is 19.7. The van der Waals surface area contributed by atoms with E-state index in [1.807, 2.05) is 19.0 Å². The molecule has 0 atom stereocenters. The van der Waals surface area contributed by atoms with E-state index in [4.69, 9.17) is 21.2 Å². The zero-order chi connectivity index (χ0) is 28.4. The number of nitrogens with zero attached hydrogens (tertiary/aromatic N) is 5. The van der Waals surface area contributed by atoms with Gasteiger partial charge in [-0.25, -0.2) is 14.2 Å². The molecule has 0 aliphatic carbocycles. The van der Waals surface area contributed by atoms with Gasteiger partial charge in [0, 0.05) is 40.9 Å². The molecular formula is C26H24ClFN8O4. The van der Waals surface area contributed by atoms with E-state index in [1.54, 1.807) is 18.3 Å². The molecule has 12 nitrogen and oxygen atoms in total. The van der Waals surface area contributed by atoms with Gasteiger partial charge < -0.3 is 24.8 Å². The van der Waals surface area contributed by atoms with Gasteiger partial charge in [0.2, 0.25) is 5.95 Å². The molecular weight excluding hydrogens is 543 g/mol. The molecule has 3 N–H and O–H groups in total. The van der Waals surface area contributed by atoms with E-state index in [-0.39, 0.29) is 22.2 Å². The summed E-state index contributed by atoms with van der Waals surface area (Å²) in [6.07, 6.45) is 0.717. The first-order valence-electron chi connectivity index (χ1n) is 12.0. The zero-order valence-electron chi connectivity index (χ0n) is 21.7. The van der Waals surface area contributed by atoms with Gasteiger partial charge in [-0.1, -0.05) is 11.6 Å². The number of anilines is 2. The first-order valence-corrected chi connectivity index (χ1v) is 12.4. The number of nitrogens with one attached hydrogen (secondary N) is 3. The minimum Gasteiger partial charge on any atom is -0.412 e. The Balaban J connectivity index is 1.41. The average molecular weight is 567 g/mol. The Bertz CT molecular complexity index is 1790. The monoisotopic (exact) mass is 566 g/mol. The molecule has 14 heteroatoms. The number of aromatic amines is 1. The van der Waals surface area contributed by atoms with Crippen molar-refractivity contribution in [3.05, 3.63) is 69.9 Å². The molecule has 1 amide bonds. The predicted octanol–water partition coefficient (Wildman–Crippen LogP) is 3.77. The quantitative estimate of drug-likeness (QED) is 0.256. The summed E-state index contributed by atoms with van der Waals surface area (Å²) in [6.45, 7) is 1.38. The van der Waals surface area contributed by atoms with E-state index < -0.39 is 17.5 Å². The van der Waals surface area contributed by atoms with Crippen LogP contribution in [0.15, 0.2) is 53.5 Å². The van der Waals surface area contributed by atoms with Crippen LogP contribution in [0.5, 0.6) is 6.01 Å². The lowest BCUT2D eigenvalue weighted by Crippen LogP contribution is -2.28. The second-order valence-corrected chi connectivity index (χ2v) is 9.36. The molecule has 0 spiro atoms. The van der Waals surface area contributed by atoms with Crippen molar-refractivity contribution in [2.24, 2.45) is 0 Å². The van der Waals surface area contributed by atoms with Crippen molar-refractivity contribution in [1.82, 2.24) is 29.6 Å². The van der Waals surface area contributed by atoms with Gasteiger partial charge in [-0.3, -0.25) is 10.1 Å². The highest BCUT2D eigenvalue weighted by atomic mass is 35.5. The van der Waals surface area contributed by atoms with Crippen LogP contribution in [0.25, 0.3) is 33.2 Å². The number of amides is 1. The van der Waals surface area contributed by atoms with Crippen molar-refractivity contribution in [3.8, 4) is 17.1 Å². The van der Waals surface area contributed by atoms with Crippen LogP contribution in [0.3, 0.4) is 0 Å². The summed E-state index contributed by atoms with van der Waals surface area (Å²) in [5.74, 6) is -0.102. The van der Waals surface area contributed by atoms with Crippen molar-refractivity contribution in [2.45, 2.75) is 0 Å². The van der Waals surface area contributed by atoms with Crippen LogP contribution >= 0.6 is 11.6 Å². The summed E-state index contributed by atoms with van der Waals surface area (Å²) in [4.78, 5) is 48.9. The van der Waals surface area contributed by atoms with Crippen molar-refractivity contribution in [3.63, 3.8) is 0 Å². The lowest BCUT2D eigenvalue weighted by Gasteiger charge is -2.14. The molecule has 0 radical (unpaired) electrons. The molecule has 0 saturated heterocycles. The van der Waals surface area contributed by atoms with Gasteiger partial charge in [0.1, 0.15) is 12.9 Å². The fraction of sp³-hybridized carbons (Fsp3) is 0.192. The number of H-pyrrole nitrogens is 1. The summed E-state index contributed by atoms with van der Waals surface area (Å²) in [6, 6.07) is 10.0. The summed E-state index contributed by atoms with van der Waals surface area (Å²) in [5, 5.41) is 6.49. The van der Waals surface area contributed by atoms with Crippen LogP contribution in [-0.2, 0) is 0 Å². The second kappa shape index (κ2) is 11.2. The highest BCUT2D eigenvalue weighted by Crippen LogP contribution is 2.30. The average Bonchev–Trinajstić information content (AvgIpc) is 3.30. The molecule has 206 valence electrons. The normalized spacial score (nSPS) is 11.2. The van der Waals surface area contributed by atoms with Crippen LogP contribution in [0, 0.1) is 5.82 Å². The van der Waals surface area contributed by atoms with E-state index in [9.17, 15) is 14.0 Å². The van der Waals surface area contributed by atoms with Crippen LogP contribution in [-0.4, -0.2) is 70.0 Å². The van der Waals surface area contributed by atoms with Gasteiger partial charge in [0.15, 0.2) is 5.65 Å². The maximum Gasteiger partial charge on any atom is 0.419 e. The van der Waals surface area contributed by atoms with Crippen LogP contribution < -0.4 is 25.8 Å². The maximum absolute atomic E-state index is 13.4. The number of rotatable bonds is 8. The van der Waals surface area contributed by atoms with Gasteiger partial charge in [-0.2, -0.15) is 9.97 Å². The van der Waals surface area contributed by atoms with Gasteiger partial charge in [-0.05, 0) is 56.6 Å². The number of hydrogen-bond acceptors (Lipinski definition) is 9. The van der Waals surface area contributed by atoms with Gasteiger partial charge in [0.25, 0.3) is 5.56 Å². The number of carbonyl (C=O) groups excluding carboxylic acids is 1. The maximum atomic E-state index is 13.4. The fourth-order valence-corrected chi connectivity index (χ4v) is 4.18. The zero-order valence-corrected chi connectivity index (χ0v) is 22.4. The minimum atomic E-state index is -0.858. The first-order chi connectivity index (χ1) is 19.2. The number of likely N-dealkylation sites (N-methyl/N-ethyl adjacent to an activating group) is 1. The number of imidazole rings is 1. The van der Waals surface area contributed by atoms with Crippen LogP contribution in [0.2, 0.25) is 5.02 Å². The Morgan fingerprint density at radius 3 is 2.75 bits per heavy atom. The largest absolute Gasteiger partial charge is 0.419 e. The molecule has 3 heterocycles. The molecule has 0 saturated carbocycles. The Morgan fingerprint density at radius 2 is 1.98 bits per heavy atom. The number of hydrogen-bond donors (Lipinski definition) is 3. The molecule has 0 fully saturated rings. The molecule has 0 unspecified atom stereocenters. The fourth-order valence-electron chi connectivity index (χ4n) is 3.96. The topological polar surface area (TPSA) is 139 Å². The van der Waals surface area contributed by atoms with E-state index in [1.165, 1.54) is 37.4 Å². The Kier molecular flexibility index (Phi) is 7.49. The van der Waals surface area contributed by atoms with Gasteiger partial charge in [-0.15, -0.1) is 4.73 Å². The highest BCUT2D eigenvalue weighted by molar-refractivity contribution is 6.33. The number of aromatic nitrogens is 5. The van der Waals surface area contributed by atoms with E-state index in [0.29, 0.717) is 40.2 Å². The SMILES string of the molecule is COn1c(=O)c(-c2cc(NC(=O)Oc3nc4ccc(F)cc4[nH]3)ccc2Cl)cc2cnc(NCCN(C)C)nc21. The number of halogens is 2. The lowest BCUT2D eigenvalue weighted by atomic mass is 10.1. The first kappa shape index (κ1) is 26.8. The molecule has 0 aliphatic rings. The Labute approximate surface area is 231 Å². The third-order valence-electron chi connectivity index (χ3n) is 5.84. The number of pyridine rings is 1. The molecule has 5 rings (SSSR count).